The summed E-state index contributed by atoms with van der Waals surface area (Å²) in [6, 6.07) is 24.3. The molecule has 5 heteroatoms. The van der Waals surface area contributed by atoms with Crippen LogP contribution in [0.15, 0.2) is 83.1 Å². The van der Waals surface area contributed by atoms with Crippen LogP contribution in [0.25, 0.3) is 44.0 Å². The zero-order chi connectivity index (χ0) is 32.3. The van der Waals surface area contributed by atoms with Crippen LogP contribution in [0.3, 0.4) is 0 Å². The second-order valence-corrected chi connectivity index (χ2v) is 13.5. The molecular weight excluding hydrogens is 735 g/mol. The Labute approximate surface area is 282 Å². The number of hydrogen-bond donors (Lipinski definition) is 1. The second kappa shape index (κ2) is 14.4. The number of hydrogen-bond acceptors (Lipinski definition) is 4. The minimum atomic E-state index is -0.337. The number of para-hydroxylation sites is 1. The molecule has 3 aromatic carbocycles. The summed E-state index contributed by atoms with van der Waals surface area (Å²) in [6.45, 7) is 18.8. The summed E-state index contributed by atoms with van der Waals surface area (Å²) < 4.78 is 6.05. The molecule has 0 saturated carbocycles. The summed E-state index contributed by atoms with van der Waals surface area (Å²) in [5.74, 6) is 0.286. The number of carbonyl (C=O) groups is 1. The van der Waals surface area contributed by atoms with Gasteiger partial charge in [0.05, 0.1) is 0 Å². The quantitative estimate of drug-likeness (QED) is 0.0967. The van der Waals surface area contributed by atoms with E-state index in [2.05, 4.69) is 63.2 Å². The molecule has 0 saturated heterocycles. The van der Waals surface area contributed by atoms with Gasteiger partial charge >= 0.3 is 0 Å². The van der Waals surface area contributed by atoms with Gasteiger partial charge in [-0.15, -0.1) is 29.1 Å². The van der Waals surface area contributed by atoms with Gasteiger partial charge in [-0.3, -0.25) is 9.78 Å². The van der Waals surface area contributed by atoms with Crippen LogP contribution >= 0.6 is 0 Å². The standard InChI is InChI=1S/C25H20NO.C15H28O2.Ir/c1-25(2,3)21-13-17(12-16-8-4-5-9-18(16)21)22-14-24-20(15-26-22)19-10-6-7-11-23(19)27-24;1-7-14(5,8-2)12(16)11-13(17)15(6,9-3)10-4;/h4-11,13-15H,1-3H3;11,16H,7-10H2,1-6H3;/q-1;;/b;12-11-;. The second-order valence-electron chi connectivity index (χ2n) is 13.5. The fourth-order valence-electron chi connectivity index (χ4n) is 5.44. The van der Waals surface area contributed by atoms with Crippen LogP contribution in [0.1, 0.15) is 93.6 Å². The number of aliphatic hydroxyl groups excluding tert-OH is 1. The molecule has 0 aliphatic rings. The van der Waals surface area contributed by atoms with E-state index in [1.54, 1.807) is 0 Å². The Bertz CT molecular complexity index is 1800. The monoisotopic (exact) mass is 783 g/mol. The van der Waals surface area contributed by atoms with E-state index in [-0.39, 0.29) is 47.9 Å². The maximum Gasteiger partial charge on any atom is 0.164 e. The van der Waals surface area contributed by atoms with Gasteiger partial charge in [0.15, 0.2) is 5.78 Å². The van der Waals surface area contributed by atoms with Crippen LogP contribution in [0.5, 0.6) is 0 Å². The van der Waals surface area contributed by atoms with E-state index in [1.807, 2.05) is 72.0 Å². The smallest absolute Gasteiger partial charge is 0.164 e. The van der Waals surface area contributed by atoms with Crippen molar-refractivity contribution in [2.24, 2.45) is 10.8 Å². The molecule has 0 atom stereocenters. The van der Waals surface area contributed by atoms with E-state index in [1.165, 1.54) is 17.0 Å². The largest absolute Gasteiger partial charge is 0.512 e. The molecule has 0 aliphatic heterocycles. The van der Waals surface area contributed by atoms with Crippen molar-refractivity contribution in [3.8, 4) is 11.3 Å². The van der Waals surface area contributed by atoms with Gasteiger partial charge in [-0.1, -0.05) is 110 Å². The molecular formula is C40H48IrNO3-. The van der Waals surface area contributed by atoms with Gasteiger partial charge in [0.1, 0.15) is 16.9 Å². The maximum atomic E-state index is 12.2. The minimum absolute atomic E-state index is 0. The van der Waals surface area contributed by atoms with E-state index >= 15 is 0 Å². The molecule has 45 heavy (non-hydrogen) atoms. The van der Waals surface area contributed by atoms with Crippen LogP contribution in [-0.4, -0.2) is 15.9 Å². The van der Waals surface area contributed by atoms with Crippen molar-refractivity contribution in [1.29, 1.82) is 0 Å². The first-order valence-corrected chi connectivity index (χ1v) is 16.0. The molecule has 5 aromatic rings. The maximum absolute atomic E-state index is 12.2. The Morgan fingerprint density at radius 1 is 0.800 bits per heavy atom. The first-order chi connectivity index (χ1) is 20.8. The third-order valence-corrected chi connectivity index (χ3v) is 9.72. The van der Waals surface area contributed by atoms with Crippen LogP contribution in [0.2, 0.25) is 0 Å². The number of carbonyl (C=O) groups excluding carboxylic acids is 1. The predicted octanol–water partition coefficient (Wildman–Crippen LogP) is 11.5. The van der Waals surface area contributed by atoms with Gasteiger partial charge in [-0.05, 0) is 43.2 Å². The normalized spacial score (nSPS) is 12.6. The molecule has 1 N–H and O–H groups in total. The van der Waals surface area contributed by atoms with E-state index in [9.17, 15) is 9.90 Å². The van der Waals surface area contributed by atoms with Crippen molar-refractivity contribution in [2.45, 2.75) is 93.4 Å². The van der Waals surface area contributed by atoms with Crippen LogP contribution in [0, 0.1) is 16.9 Å². The molecule has 0 unspecified atom stereocenters. The van der Waals surface area contributed by atoms with Crippen molar-refractivity contribution < 1.29 is 34.4 Å². The Morgan fingerprint density at radius 3 is 1.98 bits per heavy atom. The Kier molecular flexibility index (Phi) is 11.6. The fraction of sp³-hybridized carbons (Fsp3) is 0.400. The third-order valence-electron chi connectivity index (χ3n) is 9.72. The van der Waals surface area contributed by atoms with Crippen molar-refractivity contribution in [1.82, 2.24) is 4.98 Å². The number of nitrogens with zero attached hydrogens (tertiary/aromatic N) is 1. The number of ketones is 1. The fourth-order valence-corrected chi connectivity index (χ4v) is 5.44. The zero-order valence-electron chi connectivity index (χ0n) is 28.3. The molecule has 0 aliphatic carbocycles. The van der Waals surface area contributed by atoms with Gasteiger partial charge < -0.3 is 9.52 Å². The Balaban J connectivity index is 0.000000270. The summed E-state index contributed by atoms with van der Waals surface area (Å²) in [7, 11) is 0. The molecule has 5 rings (SSSR count). The SMILES string of the molecule is CC(C)(C)c1cc(-c2cc3oc4ccccc4c3cn2)[c-]c2ccccc12.CCC(C)(CC)C(=O)/C=C(\O)C(C)(CC)CC.[Ir]. The molecule has 0 fully saturated rings. The summed E-state index contributed by atoms with van der Waals surface area (Å²) >= 11 is 0. The number of pyridine rings is 1. The van der Waals surface area contributed by atoms with Gasteiger partial charge in [0.25, 0.3) is 0 Å². The van der Waals surface area contributed by atoms with Gasteiger partial charge in [-0.2, -0.15) is 0 Å². The average Bonchev–Trinajstić information content (AvgIpc) is 3.41. The molecule has 2 heterocycles. The number of benzene rings is 3. The molecule has 1 radical (unpaired) electrons. The summed E-state index contributed by atoms with van der Waals surface area (Å²) in [4.78, 5) is 16.9. The molecule has 0 spiro atoms. The van der Waals surface area contributed by atoms with E-state index in [4.69, 9.17) is 9.40 Å². The predicted molar refractivity (Wildman–Crippen MR) is 185 cm³/mol. The van der Waals surface area contributed by atoms with Crippen molar-refractivity contribution >= 4 is 38.5 Å². The van der Waals surface area contributed by atoms with Gasteiger partial charge in [-0.25, -0.2) is 0 Å². The van der Waals surface area contributed by atoms with Crippen molar-refractivity contribution in [2.75, 3.05) is 0 Å². The molecule has 0 amide bonds. The Morgan fingerprint density at radius 2 is 1.38 bits per heavy atom. The molecule has 2 aromatic heterocycles. The number of rotatable bonds is 8. The average molecular weight is 783 g/mol. The van der Waals surface area contributed by atoms with Crippen LogP contribution in [-0.2, 0) is 30.3 Å². The summed E-state index contributed by atoms with van der Waals surface area (Å²) in [5, 5.41) is 14.6. The first kappa shape index (κ1) is 36.2. The molecule has 0 bridgehead atoms. The van der Waals surface area contributed by atoms with E-state index in [0.29, 0.717) is 0 Å². The first-order valence-electron chi connectivity index (χ1n) is 16.0. The Hall–Kier alpha value is -3.27. The number of fused-ring (bicyclic) bond motifs is 4. The van der Waals surface area contributed by atoms with Crippen molar-refractivity contribution in [3.05, 3.63) is 90.3 Å². The summed E-state index contributed by atoms with van der Waals surface area (Å²) in [5.41, 5.74) is 4.38. The van der Waals surface area contributed by atoms with Crippen molar-refractivity contribution in [3.63, 3.8) is 0 Å². The summed E-state index contributed by atoms with van der Waals surface area (Å²) in [6.07, 6.45) is 6.67. The number of aliphatic hydroxyl groups is 1. The molecule has 241 valence electrons. The van der Waals surface area contributed by atoms with Gasteiger partial charge in [0, 0.05) is 59.7 Å². The topological polar surface area (TPSA) is 63.3 Å². The number of aromatic nitrogens is 1. The van der Waals surface area contributed by atoms with E-state index < -0.39 is 0 Å². The minimum Gasteiger partial charge on any atom is -0.512 e. The van der Waals surface area contributed by atoms with Gasteiger partial charge in [0.2, 0.25) is 0 Å². The zero-order valence-corrected chi connectivity index (χ0v) is 30.7. The van der Waals surface area contributed by atoms with E-state index in [0.717, 1.165) is 64.3 Å². The molecule has 4 nitrogen and oxygen atoms in total. The van der Waals surface area contributed by atoms with Crippen LogP contribution in [0.4, 0.5) is 0 Å². The number of furan rings is 1. The van der Waals surface area contributed by atoms with Crippen LogP contribution < -0.4 is 0 Å². The third kappa shape index (κ3) is 7.59. The number of allylic oxidation sites excluding steroid dienone is 2.